The van der Waals surface area contributed by atoms with E-state index in [4.69, 9.17) is 23.2 Å². The predicted octanol–water partition coefficient (Wildman–Crippen LogP) is 3.78. The van der Waals surface area contributed by atoms with Crippen LogP contribution in [-0.2, 0) is 5.75 Å². The van der Waals surface area contributed by atoms with Crippen molar-refractivity contribution in [1.82, 2.24) is 15.0 Å². The summed E-state index contributed by atoms with van der Waals surface area (Å²) in [5.41, 5.74) is 1.80. The van der Waals surface area contributed by atoms with Crippen LogP contribution >= 0.6 is 35.0 Å². The van der Waals surface area contributed by atoms with Crippen LogP contribution in [0, 0.1) is 6.92 Å². The lowest BCUT2D eigenvalue weighted by molar-refractivity contribution is 0.932. The molecular formula is C11H9Cl2N3S. The summed E-state index contributed by atoms with van der Waals surface area (Å²) in [7, 11) is 0. The van der Waals surface area contributed by atoms with E-state index in [0.29, 0.717) is 21.0 Å². The Morgan fingerprint density at radius 3 is 2.59 bits per heavy atom. The summed E-state index contributed by atoms with van der Waals surface area (Å²) < 4.78 is 0. The van der Waals surface area contributed by atoms with Crippen LogP contribution in [0.25, 0.3) is 0 Å². The zero-order valence-corrected chi connectivity index (χ0v) is 11.4. The molecule has 0 spiro atoms. The average Bonchev–Trinajstić information content (AvgIpc) is 2.28. The van der Waals surface area contributed by atoms with Gasteiger partial charge in [-0.25, -0.2) is 9.97 Å². The molecule has 2 heterocycles. The van der Waals surface area contributed by atoms with E-state index in [1.165, 1.54) is 11.8 Å². The molecule has 2 rings (SSSR count). The Labute approximate surface area is 114 Å². The van der Waals surface area contributed by atoms with E-state index in [0.717, 1.165) is 11.3 Å². The van der Waals surface area contributed by atoms with Gasteiger partial charge in [0.1, 0.15) is 0 Å². The van der Waals surface area contributed by atoms with Crippen molar-refractivity contribution < 1.29 is 0 Å². The molecule has 0 saturated carbocycles. The summed E-state index contributed by atoms with van der Waals surface area (Å²) in [5.74, 6) is 0.629. The third-order valence-electron chi connectivity index (χ3n) is 2.07. The monoisotopic (exact) mass is 285 g/mol. The minimum absolute atomic E-state index is 0.567. The van der Waals surface area contributed by atoms with Crippen LogP contribution < -0.4 is 0 Å². The number of halogens is 2. The third kappa shape index (κ3) is 3.31. The average molecular weight is 286 g/mol. The van der Waals surface area contributed by atoms with Gasteiger partial charge >= 0.3 is 0 Å². The van der Waals surface area contributed by atoms with Crippen LogP contribution in [0.15, 0.2) is 29.8 Å². The zero-order chi connectivity index (χ0) is 12.3. The molecule has 17 heavy (non-hydrogen) atoms. The Hall–Kier alpha value is -0.840. The summed E-state index contributed by atoms with van der Waals surface area (Å²) >= 11 is 13.5. The summed E-state index contributed by atoms with van der Waals surface area (Å²) in [6, 6.07) is 1.86. The van der Waals surface area contributed by atoms with Gasteiger partial charge in [0, 0.05) is 35.6 Å². The van der Waals surface area contributed by atoms with Crippen molar-refractivity contribution in [1.29, 1.82) is 0 Å². The minimum atomic E-state index is 0.567. The van der Waals surface area contributed by atoms with Crippen molar-refractivity contribution >= 4 is 35.0 Å². The molecule has 3 nitrogen and oxygen atoms in total. The quantitative estimate of drug-likeness (QED) is 0.636. The van der Waals surface area contributed by atoms with Gasteiger partial charge in [0.25, 0.3) is 0 Å². The summed E-state index contributed by atoms with van der Waals surface area (Å²) in [6.07, 6.45) is 4.90. The molecule has 0 atom stereocenters. The highest BCUT2D eigenvalue weighted by molar-refractivity contribution is 7.98. The van der Waals surface area contributed by atoms with E-state index < -0.39 is 0 Å². The third-order valence-corrected chi connectivity index (χ3v) is 3.61. The molecule has 0 unspecified atom stereocenters. The Balaban J connectivity index is 2.13. The molecule has 0 aliphatic carbocycles. The maximum Gasteiger partial charge on any atom is 0.188 e. The number of aryl methyl sites for hydroxylation is 1. The van der Waals surface area contributed by atoms with Crippen LogP contribution in [0.3, 0.4) is 0 Å². The topological polar surface area (TPSA) is 38.7 Å². The first kappa shape index (κ1) is 12.6. The highest BCUT2D eigenvalue weighted by atomic mass is 35.5. The van der Waals surface area contributed by atoms with Crippen molar-refractivity contribution in [2.24, 2.45) is 0 Å². The second-order valence-corrected chi connectivity index (χ2v) is 5.11. The van der Waals surface area contributed by atoms with Crippen molar-refractivity contribution in [3.8, 4) is 0 Å². The van der Waals surface area contributed by atoms with E-state index in [9.17, 15) is 0 Å². The van der Waals surface area contributed by atoms with Gasteiger partial charge in [-0.05, 0) is 13.0 Å². The first-order valence-electron chi connectivity index (χ1n) is 4.87. The van der Waals surface area contributed by atoms with Gasteiger partial charge in [-0.1, -0.05) is 35.0 Å². The van der Waals surface area contributed by atoms with Crippen LogP contribution in [0.2, 0.25) is 10.0 Å². The molecule has 0 fully saturated rings. The highest BCUT2D eigenvalue weighted by Crippen LogP contribution is 2.29. The predicted molar refractivity (Wildman–Crippen MR) is 70.6 cm³/mol. The fourth-order valence-corrected chi connectivity index (χ4v) is 2.79. The molecular weight excluding hydrogens is 277 g/mol. The van der Waals surface area contributed by atoms with Crippen molar-refractivity contribution in [2.75, 3.05) is 0 Å². The normalized spacial score (nSPS) is 10.5. The number of hydrogen-bond acceptors (Lipinski definition) is 4. The molecule has 0 aliphatic heterocycles. The SMILES string of the molecule is Cc1ccnc(SCc2c(Cl)cncc2Cl)n1. The number of nitrogens with zero attached hydrogens (tertiary/aromatic N) is 3. The van der Waals surface area contributed by atoms with Crippen LogP contribution in [-0.4, -0.2) is 15.0 Å². The smallest absolute Gasteiger partial charge is 0.188 e. The molecule has 0 aromatic carbocycles. The molecule has 88 valence electrons. The number of thioether (sulfide) groups is 1. The van der Waals surface area contributed by atoms with Crippen LogP contribution in [0.4, 0.5) is 0 Å². The molecule has 0 radical (unpaired) electrons. The van der Waals surface area contributed by atoms with E-state index in [1.807, 2.05) is 13.0 Å². The Morgan fingerprint density at radius 1 is 1.24 bits per heavy atom. The fraction of sp³-hybridized carbons (Fsp3) is 0.182. The number of hydrogen-bond donors (Lipinski definition) is 0. The zero-order valence-electron chi connectivity index (χ0n) is 9.02. The van der Waals surface area contributed by atoms with E-state index in [2.05, 4.69) is 15.0 Å². The molecule has 0 aliphatic rings. The molecule has 0 amide bonds. The lowest BCUT2D eigenvalue weighted by Crippen LogP contribution is -1.91. The van der Waals surface area contributed by atoms with E-state index in [-0.39, 0.29) is 0 Å². The minimum Gasteiger partial charge on any atom is -0.262 e. The van der Waals surface area contributed by atoms with E-state index in [1.54, 1.807) is 18.6 Å². The molecule has 2 aromatic rings. The van der Waals surface area contributed by atoms with Gasteiger partial charge in [0.05, 0.1) is 10.0 Å². The maximum atomic E-state index is 6.03. The van der Waals surface area contributed by atoms with Crippen LogP contribution in [0.1, 0.15) is 11.3 Å². The second kappa shape index (κ2) is 5.67. The van der Waals surface area contributed by atoms with Crippen LogP contribution in [0.5, 0.6) is 0 Å². The number of pyridine rings is 1. The van der Waals surface area contributed by atoms with Gasteiger partial charge in [-0.3, -0.25) is 4.98 Å². The second-order valence-electron chi connectivity index (χ2n) is 3.35. The lowest BCUT2D eigenvalue weighted by atomic mass is 10.3. The first-order valence-corrected chi connectivity index (χ1v) is 6.61. The molecule has 6 heteroatoms. The van der Waals surface area contributed by atoms with Gasteiger partial charge in [-0.2, -0.15) is 0 Å². The molecule has 0 saturated heterocycles. The Bertz CT molecular complexity index is 514. The van der Waals surface area contributed by atoms with Gasteiger partial charge in [0.2, 0.25) is 0 Å². The maximum absolute atomic E-state index is 6.03. The van der Waals surface area contributed by atoms with Gasteiger partial charge in [-0.15, -0.1) is 0 Å². The standard InChI is InChI=1S/C11H9Cl2N3S/c1-7-2-3-15-11(16-7)17-6-8-9(12)4-14-5-10(8)13/h2-5H,6H2,1H3. The number of rotatable bonds is 3. The van der Waals surface area contributed by atoms with Crippen molar-refractivity contribution in [3.05, 3.63) is 46.0 Å². The Morgan fingerprint density at radius 2 is 1.94 bits per heavy atom. The first-order chi connectivity index (χ1) is 8.16. The van der Waals surface area contributed by atoms with Crippen molar-refractivity contribution in [2.45, 2.75) is 17.8 Å². The largest absolute Gasteiger partial charge is 0.262 e. The van der Waals surface area contributed by atoms with Gasteiger partial charge in [0.15, 0.2) is 5.16 Å². The van der Waals surface area contributed by atoms with E-state index >= 15 is 0 Å². The highest BCUT2D eigenvalue weighted by Gasteiger charge is 2.07. The molecule has 0 N–H and O–H groups in total. The molecule has 2 aromatic heterocycles. The fourth-order valence-electron chi connectivity index (χ4n) is 1.21. The Kier molecular flexibility index (Phi) is 4.20. The summed E-state index contributed by atoms with van der Waals surface area (Å²) in [4.78, 5) is 12.4. The number of aromatic nitrogens is 3. The van der Waals surface area contributed by atoms with Gasteiger partial charge < -0.3 is 0 Å². The lowest BCUT2D eigenvalue weighted by Gasteiger charge is -2.05. The van der Waals surface area contributed by atoms with Crippen molar-refractivity contribution in [3.63, 3.8) is 0 Å². The molecule has 0 bridgehead atoms. The summed E-state index contributed by atoms with van der Waals surface area (Å²) in [6.45, 7) is 1.93. The summed E-state index contributed by atoms with van der Waals surface area (Å²) in [5, 5.41) is 1.85.